The average molecular weight is 334 g/mol. The lowest BCUT2D eigenvalue weighted by molar-refractivity contribution is -0.124. The lowest BCUT2D eigenvalue weighted by Gasteiger charge is -2.56. The van der Waals surface area contributed by atoms with Crippen LogP contribution in [0, 0.1) is 23.2 Å². The number of nitrogens with one attached hydrogen (secondary N) is 1. The van der Waals surface area contributed by atoms with E-state index in [0.717, 1.165) is 17.8 Å². The van der Waals surface area contributed by atoms with Crippen LogP contribution < -0.4 is 5.32 Å². The van der Waals surface area contributed by atoms with Crippen LogP contribution in [0.4, 0.5) is 5.13 Å². The first-order chi connectivity index (χ1) is 11.0. The largest absolute Gasteiger partial charge is 0.465 e. The van der Waals surface area contributed by atoms with Crippen molar-refractivity contribution in [3.8, 4) is 0 Å². The van der Waals surface area contributed by atoms with Crippen LogP contribution in [0.2, 0.25) is 0 Å². The Kier molecular flexibility index (Phi) is 3.67. The van der Waals surface area contributed by atoms with E-state index in [1.165, 1.54) is 63.2 Å². The molecule has 0 atom stereocenters. The number of ether oxygens (including phenoxy) is 1. The maximum Gasteiger partial charge on any atom is 0.349 e. The Bertz CT molecular complexity index is 604. The van der Waals surface area contributed by atoms with Crippen LogP contribution in [0.1, 0.15) is 54.6 Å². The maximum absolute atomic E-state index is 12.5. The molecule has 5 rings (SSSR count). The van der Waals surface area contributed by atoms with Gasteiger partial charge in [-0.1, -0.05) is 11.3 Å². The van der Waals surface area contributed by atoms with E-state index in [9.17, 15) is 9.59 Å². The molecule has 1 amide bonds. The van der Waals surface area contributed by atoms with Crippen molar-refractivity contribution in [1.29, 1.82) is 0 Å². The molecule has 1 N–H and O–H groups in total. The summed E-state index contributed by atoms with van der Waals surface area (Å²) in [6.07, 6.45) is 9.87. The highest BCUT2D eigenvalue weighted by Crippen LogP contribution is 2.61. The Morgan fingerprint density at radius 1 is 1.26 bits per heavy atom. The third-order valence-electron chi connectivity index (χ3n) is 5.84. The minimum absolute atomic E-state index is 0.0396. The molecule has 4 aliphatic carbocycles. The normalized spacial score (nSPS) is 34.4. The summed E-state index contributed by atoms with van der Waals surface area (Å²) in [5.74, 6) is 2.17. The van der Waals surface area contributed by atoms with Crippen LogP contribution in [-0.4, -0.2) is 24.0 Å². The van der Waals surface area contributed by atoms with Crippen molar-refractivity contribution in [1.82, 2.24) is 4.98 Å². The Labute approximate surface area is 139 Å². The molecule has 1 aromatic heterocycles. The van der Waals surface area contributed by atoms with E-state index in [2.05, 4.69) is 15.0 Å². The highest BCUT2D eigenvalue weighted by Gasteiger charge is 2.51. The van der Waals surface area contributed by atoms with Gasteiger partial charge in [-0.25, -0.2) is 9.78 Å². The third kappa shape index (κ3) is 2.89. The van der Waals surface area contributed by atoms with Crippen LogP contribution in [-0.2, 0) is 9.53 Å². The fraction of sp³-hybridized carbons (Fsp3) is 0.706. The number of aromatic nitrogens is 1. The first kappa shape index (κ1) is 15.1. The van der Waals surface area contributed by atoms with E-state index in [1.54, 1.807) is 0 Å². The minimum Gasteiger partial charge on any atom is -0.465 e. The molecule has 0 aliphatic heterocycles. The second-order valence-corrected chi connectivity index (χ2v) is 8.69. The molecule has 4 saturated carbocycles. The molecule has 6 heteroatoms. The Morgan fingerprint density at radius 3 is 2.43 bits per heavy atom. The molecular weight excluding hydrogens is 312 g/mol. The van der Waals surface area contributed by atoms with Crippen LogP contribution in [0.25, 0.3) is 0 Å². The molecule has 4 bridgehead atoms. The number of amides is 1. The molecule has 1 heterocycles. The van der Waals surface area contributed by atoms with Gasteiger partial charge in [0, 0.05) is 6.42 Å². The van der Waals surface area contributed by atoms with Crippen LogP contribution in [0.15, 0.2) is 6.20 Å². The van der Waals surface area contributed by atoms with E-state index in [-0.39, 0.29) is 11.3 Å². The number of thiazole rings is 1. The van der Waals surface area contributed by atoms with Gasteiger partial charge in [0.15, 0.2) is 5.13 Å². The topological polar surface area (TPSA) is 68.3 Å². The van der Waals surface area contributed by atoms with Crippen LogP contribution in [0.5, 0.6) is 0 Å². The van der Waals surface area contributed by atoms with Crippen LogP contribution >= 0.6 is 11.3 Å². The van der Waals surface area contributed by atoms with Gasteiger partial charge in [-0.05, 0) is 61.7 Å². The molecule has 5 nitrogen and oxygen atoms in total. The summed E-state index contributed by atoms with van der Waals surface area (Å²) in [5, 5.41) is 3.36. The molecule has 0 unspecified atom stereocenters. The number of methoxy groups -OCH3 is 1. The Morgan fingerprint density at radius 2 is 1.87 bits per heavy atom. The van der Waals surface area contributed by atoms with Gasteiger partial charge in [0.1, 0.15) is 4.88 Å². The maximum atomic E-state index is 12.5. The van der Waals surface area contributed by atoms with E-state index in [1.807, 2.05) is 0 Å². The number of carbonyl (C=O) groups is 2. The van der Waals surface area contributed by atoms with E-state index in [4.69, 9.17) is 0 Å². The van der Waals surface area contributed by atoms with E-state index >= 15 is 0 Å². The Balaban J connectivity index is 1.40. The number of nitrogens with zero attached hydrogens (tertiary/aromatic N) is 1. The van der Waals surface area contributed by atoms with E-state index < -0.39 is 5.97 Å². The second kappa shape index (κ2) is 5.58. The van der Waals surface area contributed by atoms with Crippen molar-refractivity contribution in [2.75, 3.05) is 12.4 Å². The smallest absolute Gasteiger partial charge is 0.349 e. The summed E-state index contributed by atoms with van der Waals surface area (Å²) >= 11 is 1.17. The van der Waals surface area contributed by atoms with Crippen molar-refractivity contribution < 1.29 is 14.3 Å². The van der Waals surface area contributed by atoms with Gasteiger partial charge >= 0.3 is 5.97 Å². The van der Waals surface area contributed by atoms with Crippen molar-refractivity contribution >= 4 is 28.3 Å². The monoisotopic (exact) mass is 334 g/mol. The van der Waals surface area contributed by atoms with Gasteiger partial charge in [0.25, 0.3) is 0 Å². The summed E-state index contributed by atoms with van der Waals surface area (Å²) in [5.41, 5.74) is 0.223. The predicted molar refractivity (Wildman–Crippen MR) is 87.3 cm³/mol. The van der Waals surface area contributed by atoms with Crippen molar-refractivity contribution in [3.63, 3.8) is 0 Å². The lowest BCUT2D eigenvalue weighted by Crippen LogP contribution is -2.47. The molecule has 124 valence electrons. The van der Waals surface area contributed by atoms with Crippen molar-refractivity contribution in [3.05, 3.63) is 11.1 Å². The van der Waals surface area contributed by atoms with Crippen molar-refractivity contribution in [2.24, 2.45) is 23.2 Å². The standard InChI is InChI=1S/C17H22N2O3S/c1-22-15(21)13-9-18-16(23-13)19-14(20)8-17-5-10-2-11(6-17)4-12(3-10)7-17/h9-12H,2-8H2,1H3,(H,18,19,20). The fourth-order valence-electron chi connectivity index (χ4n) is 5.54. The minimum atomic E-state index is -0.413. The first-order valence-electron chi connectivity index (χ1n) is 8.39. The van der Waals surface area contributed by atoms with Gasteiger partial charge < -0.3 is 10.1 Å². The molecule has 0 radical (unpaired) electrons. The second-order valence-electron chi connectivity index (χ2n) is 7.66. The number of hydrogen-bond acceptors (Lipinski definition) is 5. The third-order valence-corrected chi connectivity index (χ3v) is 6.73. The van der Waals surface area contributed by atoms with E-state index in [0.29, 0.717) is 16.4 Å². The summed E-state index contributed by atoms with van der Waals surface area (Å²) < 4.78 is 4.66. The lowest BCUT2D eigenvalue weighted by atomic mass is 9.49. The zero-order chi connectivity index (χ0) is 16.0. The van der Waals surface area contributed by atoms with Crippen molar-refractivity contribution in [2.45, 2.75) is 44.9 Å². The highest BCUT2D eigenvalue weighted by atomic mass is 32.1. The number of anilines is 1. The molecule has 4 fully saturated rings. The van der Waals surface area contributed by atoms with Gasteiger partial charge in [-0.2, -0.15) is 0 Å². The van der Waals surface area contributed by atoms with Gasteiger partial charge in [0.2, 0.25) is 5.91 Å². The first-order valence-corrected chi connectivity index (χ1v) is 9.21. The number of rotatable bonds is 4. The summed E-state index contributed by atoms with van der Waals surface area (Å²) in [4.78, 5) is 28.5. The van der Waals surface area contributed by atoms with Gasteiger partial charge in [-0.15, -0.1) is 0 Å². The van der Waals surface area contributed by atoms with Crippen LogP contribution in [0.3, 0.4) is 0 Å². The van der Waals surface area contributed by atoms with Gasteiger partial charge in [-0.3, -0.25) is 4.79 Å². The molecule has 1 aromatic rings. The molecule has 4 aliphatic rings. The SMILES string of the molecule is COC(=O)c1cnc(NC(=O)CC23CC4CC(CC(C4)C2)C3)s1. The van der Waals surface area contributed by atoms with Gasteiger partial charge in [0.05, 0.1) is 13.3 Å². The summed E-state index contributed by atoms with van der Waals surface area (Å²) in [7, 11) is 1.34. The molecule has 0 aromatic carbocycles. The molecule has 0 saturated heterocycles. The average Bonchev–Trinajstić information content (AvgIpc) is 2.92. The predicted octanol–water partition coefficient (Wildman–Crippen LogP) is 3.47. The zero-order valence-electron chi connectivity index (χ0n) is 13.3. The number of esters is 1. The molecule has 0 spiro atoms. The molecule has 23 heavy (non-hydrogen) atoms. The Hall–Kier alpha value is -1.43. The molecular formula is C17H22N2O3S. The quantitative estimate of drug-likeness (QED) is 0.856. The zero-order valence-corrected chi connectivity index (χ0v) is 14.2. The highest BCUT2D eigenvalue weighted by molar-refractivity contribution is 7.17. The summed E-state index contributed by atoms with van der Waals surface area (Å²) in [6.45, 7) is 0. The fourth-order valence-corrected chi connectivity index (χ4v) is 6.29. The number of hydrogen-bond donors (Lipinski definition) is 1. The number of carbonyl (C=O) groups excluding carboxylic acids is 2. The summed E-state index contributed by atoms with van der Waals surface area (Å²) in [6, 6.07) is 0.